The molecular weight excluding hydrogens is 460 g/mol. The molecule has 0 aliphatic heterocycles. The summed E-state index contributed by atoms with van der Waals surface area (Å²) in [5.41, 5.74) is 2.14. The third-order valence-electron chi connectivity index (χ3n) is 5.35. The lowest BCUT2D eigenvalue weighted by molar-refractivity contribution is -0.148. The second-order valence-corrected chi connectivity index (χ2v) is 9.11. The second-order valence-electron chi connectivity index (χ2n) is 7.50. The van der Waals surface area contributed by atoms with Crippen LogP contribution in [0.2, 0.25) is 5.02 Å². The topological polar surface area (TPSA) is 70.4 Å². The van der Waals surface area contributed by atoms with Crippen molar-refractivity contribution in [2.45, 2.75) is 33.4 Å². The molecule has 0 fully saturated rings. The Hall–Kier alpha value is -3.16. The number of hydrogen-bond acceptors (Lipinski definition) is 6. The molecular formula is C25H23ClN2O4S. The fourth-order valence-electron chi connectivity index (χ4n) is 3.62. The molecule has 0 bridgehead atoms. The van der Waals surface area contributed by atoms with Gasteiger partial charge in [-0.2, -0.15) is 0 Å². The van der Waals surface area contributed by atoms with Crippen molar-refractivity contribution in [2.24, 2.45) is 0 Å². The average Bonchev–Trinajstić information content (AvgIpc) is 3.15. The summed E-state index contributed by atoms with van der Waals surface area (Å²) in [5.74, 6) is 0.233. The van der Waals surface area contributed by atoms with E-state index < -0.39 is 12.0 Å². The minimum absolute atomic E-state index is 0.0300. The van der Waals surface area contributed by atoms with E-state index in [0.717, 1.165) is 21.8 Å². The van der Waals surface area contributed by atoms with E-state index in [4.69, 9.17) is 21.1 Å². The van der Waals surface area contributed by atoms with E-state index in [0.29, 0.717) is 27.4 Å². The summed E-state index contributed by atoms with van der Waals surface area (Å²) in [6, 6.07) is 13.9. The van der Waals surface area contributed by atoms with Gasteiger partial charge in [-0.25, -0.2) is 9.78 Å². The molecule has 2 heterocycles. The molecule has 170 valence electrons. The first-order chi connectivity index (χ1) is 15.9. The molecule has 6 nitrogen and oxygen atoms in total. The zero-order chi connectivity index (χ0) is 23.5. The van der Waals surface area contributed by atoms with Crippen molar-refractivity contribution in [1.82, 2.24) is 9.55 Å². The molecule has 0 amide bonds. The Kier molecular flexibility index (Phi) is 6.81. The zero-order valence-corrected chi connectivity index (χ0v) is 20.1. The monoisotopic (exact) mass is 482 g/mol. The van der Waals surface area contributed by atoms with Crippen LogP contribution in [0.1, 0.15) is 30.3 Å². The minimum Gasteiger partial charge on any atom is -0.494 e. The van der Waals surface area contributed by atoms with Crippen LogP contribution in [0.3, 0.4) is 0 Å². The van der Waals surface area contributed by atoms with Crippen LogP contribution in [-0.2, 0) is 16.1 Å². The van der Waals surface area contributed by atoms with Crippen LogP contribution >= 0.6 is 22.9 Å². The van der Waals surface area contributed by atoms with Gasteiger partial charge in [-0.3, -0.25) is 9.36 Å². The fraction of sp³-hybridized carbons (Fsp3) is 0.240. The molecule has 0 aliphatic carbocycles. The highest BCUT2D eigenvalue weighted by Crippen LogP contribution is 2.36. The molecule has 2 aromatic heterocycles. The number of halogens is 1. The van der Waals surface area contributed by atoms with E-state index in [2.05, 4.69) is 4.98 Å². The van der Waals surface area contributed by atoms with Crippen LogP contribution in [-0.4, -0.2) is 22.1 Å². The first-order valence-electron chi connectivity index (χ1n) is 10.5. The molecule has 0 N–H and O–H groups in total. The number of carbonyl (C=O) groups excluding carboxylic acids is 1. The molecule has 0 saturated heterocycles. The van der Waals surface area contributed by atoms with Gasteiger partial charge in [0.05, 0.1) is 18.3 Å². The van der Waals surface area contributed by atoms with Crippen molar-refractivity contribution in [1.29, 1.82) is 0 Å². The lowest BCUT2D eigenvalue weighted by Gasteiger charge is -2.15. The van der Waals surface area contributed by atoms with Crippen LogP contribution < -0.4 is 10.3 Å². The fourth-order valence-corrected chi connectivity index (χ4v) is 4.82. The van der Waals surface area contributed by atoms with E-state index in [9.17, 15) is 9.59 Å². The largest absolute Gasteiger partial charge is 0.494 e. The molecule has 4 rings (SSSR count). The number of carbonyl (C=O) groups is 1. The van der Waals surface area contributed by atoms with Crippen molar-refractivity contribution < 1.29 is 14.3 Å². The highest BCUT2D eigenvalue weighted by Gasteiger charge is 2.23. The standard InChI is InChI=1S/C25H23ClN2O4S/c1-4-31-19-11-9-17(10-12-19)21-16(3)33-23-22(21)24(29)28(14-27-23)15(2)25(30)32-13-18-7-5-6-8-20(18)26/h5-12,14-15H,4,13H2,1-3H3/t15-/m1/s1. The average molecular weight is 483 g/mol. The Morgan fingerprint density at radius 2 is 1.91 bits per heavy atom. The van der Waals surface area contributed by atoms with E-state index in [1.54, 1.807) is 19.1 Å². The molecule has 0 unspecified atom stereocenters. The van der Waals surface area contributed by atoms with Crippen molar-refractivity contribution in [3.63, 3.8) is 0 Å². The summed E-state index contributed by atoms with van der Waals surface area (Å²) >= 11 is 7.59. The lowest BCUT2D eigenvalue weighted by Crippen LogP contribution is -2.29. The van der Waals surface area contributed by atoms with Gasteiger partial charge in [0.1, 0.15) is 23.2 Å². The van der Waals surface area contributed by atoms with E-state index >= 15 is 0 Å². The van der Waals surface area contributed by atoms with Gasteiger partial charge in [0.25, 0.3) is 5.56 Å². The number of rotatable bonds is 7. The number of ether oxygens (including phenoxy) is 2. The number of aromatic nitrogens is 2. The summed E-state index contributed by atoms with van der Waals surface area (Å²) in [7, 11) is 0. The number of aryl methyl sites for hydroxylation is 1. The number of benzene rings is 2. The first-order valence-corrected chi connectivity index (χ1v) is 11.7. The smallest absolute Gasteiger partial charge is 0.329 e. The maximum atomic E-state index is 13.5. The maximum absolute atomic E-state index is 13.5. The molecule has 8 heteroatoms. The predicted octanol–water partition coefficient (Wildman–Crippen LogP) is 5.79. The maximum Gasteiger partial charge on any atom is 0.329 e. The van der Waals surface area contributed by atoms with E-state index in [1.165, 1.54) is 22.2 Å². The summed E-state index contributed by atoms with van der Waals surface area (Å²) in [5, 5.41) is 1.02. The highest BCUT2D eigenvalue weighted by atomic mass is 35.5. The van der Waals surface area contributed by atoms with Crippen LogP contribution in [0.5, 0.6) is 5.75 Å². The lowest BCUT2D eigenvalue weighted by atomic mass is 10.0. The Morgan fingerprint density at radius 3 is 2.61 bits per heavy atom. The molecule has 0 aliphatic rings. The Bertz CT molecular complexity index is 1360. The SMILES string of the molecule is CCOc1ccc(-c2c(C)sc3ncn([C@H](C)C(=O)OCc4ccccc4Cl)c(=O)c23)cc1. The number of fused-ring (bicyclic) bond motifs is 1. The quantitative estimate of drug-likeness (QED) is 0.312. The highest BCUT2D eigenvalue weighted by molar-refractivity contribution is 7.19. The van der Waals surface area contributed by atoms with Gasteiger partial charge in [-0.15, -0.1) is 11.3 Å². The molecule has 1 atom stereocenters. The summed E-state index contributed by atoms with van der Waals surface area (Å²) in [6.07, 6.45) is 1.41. The Labute approximate surface area is 200 Å². The van der Waals surface area contributed by atoms with Gasteiger partial charge in [-0.1, -0.05) is 41.9 Å². The van der Waals surface area contributed by atoms with Gasteiger partial charge in [0, 0.05) is 21.0 Å². The van der Waals surface area contributed by atoms with Crippen LogP contribution in [0.4, 0.5) is 0 Å². The van der Waals surface area contributed by atoms with Crippen molar-refractivity contribution in [3.05, 3.63) is 80.7 Å². The molecule has 0 saturated carbocycles. The summed E-state index contributed by atoms with van der Waals surface area (Å²) in [6.45, 7) is 6.13. The van der Waals surface area contributed by atoms with Gasteiger partial charge < -0.3 is 9.47 Å². The first kappa shape index (κ1) is 23.0. The predicted molar refractivity (Wildman–Crippen MR) is 131 cm³/mol. The molecule has 2 aromatic carbocycles. The number of thiophene rings is 1. The van der Waals surface area contributed by atoms with Gasteiger partial charge in [0.15, 0.2) is 0 Å². The van der Waals surface area contributed by atoms with Crippen molar-refractivity contribution in [2.75, 3.05) is 6.61 Å². The third kappa shape index (κ3) is 4.65. The zero-order valence-electron chi connectivity index (χ0n) is 18.5. The molecule has 0 spiro atoms. The van der Waals surface area contributed by atoms with E-state index in [1.807, 2.05) is 50.2 Å². The molecule has 0 radical (unpaired) electrons. The van der Waals surface area contributed by atoms with Gasteiger partial charge in [0.2, 0.25) is 0 Å². The van der Waals surface area contributed by atoms with Crippen LogP contribution in [0.25, 0.3) is 21.3 Å². The van der Waals surface area contributed by atoms with Crippen LogP contribution in [0.15, 0.2) is 59.7 Å². The molecule has 4 aromatic rings. The van der Waals surface area contributed by atoms with Crippen LogP contribution in [0, 0.1) is 6.92 Å². The van der Waals surface area contributed by atoms with E-state index in [-0.39, 0.29) is 12.2 Å². The van der Waals surface area contributed by atoms with Gasteiger partial charge >= 0.3 is 5.97 Å². The third-order valence-corrected chi connectivity index (χ3v) is 6.74. The molecule has 33 heavy (non-hydrogen) atoms. The van der Waals surface area contributed by atoms with Crippen molar-refractivity contribution >= 4 is 39.1 Å². The second kappa shape index (κ2) is 9.77. The normalized spacial score (nSPS) is 12.0. The Balaban J connectivity index is 1.66. The van der Waals surface area contributed by atoms with Crippen molar-refractivity contribution in [3.8, 4) is 16.9 Å². The number of hydrogen-bond donors (Lipinski definition) is 0. The van der Waals surface area contributed by atoms with Gasteiger partial charge in [-0.05, 0) is 44.5 Å². The Morgan fingerprint density at radius 1 is 1.18 bits per heavy atom. The summed E-state index contributed by atoms with van der Waals surface area (Å²) in [4.78, 5) is 32.2. The number of esters is 1. The number of nitrogens with zero attached hydrogens (tertiary/aromatic N) is 2. The summed E-state index contributed by atoms with van der Waals surface area (Å²) < 4.78 is 12.3. The minimum atomic E-state index is -0.842.